The van der Waals surface area contributed by atoms with Crippen LogP contribution in [0.5, 0.6) is 0 Å². The van der Waals surface area contributed by atoms with E-state index >= 15 is 0 Å². The molecule has 21 heavy (non-hydrogen) atoms. The van der Waals surface area contributed by atoms with Crippen LogP contribution in [0, 0.1) is 22.7 Å². The van der Waals surface area contributed by atoms with Gasteiger partial charge in [-0.2, -0.15) is 0 Å². The summed E-state index contributed by atoms with van der Waals surface area (Å²) in [6, 6.07) is 6.92. The molecule has 3 heteroatoms. The molecule has 2 saturated carbocycles. The van der Waals surface area contributed by atoms with Gasteiger partial charge in [0.05, 0.1) is 12.2 Å². The van der Waals surface area contributed by atoms with E-state index in [-0.39, 0.29) is 5.97 Å². The highest BCUT2D eigenvalue weighted by molar-refractivity contribution is 5.89. The summed E-state index contributed by atoms with van der Waals surface area (Å²) in [5.74, 6) is 0.957. The standard InChI is InChI=1S/C18H25NO2/c1-17(2)15-8-9-18(17,3)10-13(15)11-21-16(20)12-4-6-14(19)7-5-12/h4-7,13,15H,8-11,19H2,1-3H3/t13-,15+,18-/m1/s1. The molecule has 2 N–H and O–H groups in total. The number of rotatable bonds is 3. The van der Waals surface area contributed by atoms with E-state index in [2.05, 4.69) is 20.8 Å². The number of hydrogen-bond donors (Lipinski definition) is 1. The van der Waals surface area contributed by atoms with Crippen molar-refractivity contribution in [3.05, 3.63) is 29.8 Å². The molecule has 3 rings (SSSR count). The average Bonchev–Trinajstić information content (AvgIpc) is 2.78. The molecule has 0 unspecified atom stereocenters. The molecule has 0 spiro atoms. The van der Waals surface area contributed by atoms with Gasteiger partial charge in [-0.1, -0.05) is 20.8 Å². The first-order chi connectivity index (χ1) is 9.83. The minimum absolute atomic E-state index is 0.235. The third kappa shape index (κ3) is 2.23. The van der Waals surface area contributed by atoms with Crippen LogP contribution >= 0.6 is 0 Å². The molecule has 114 valence electrons. The van der Waals surface area contributed by atoms with Crippen molar-refractivity contribution in [1.29, 1.82) is 0 Å². The summed E-state index contributed by atoms with van der Waals surface area (Å²) in [5, 5.41) is 0. The molecule has 1 aromatic rings. The number of anilines is 1. The number of esters is 1. The minimum atomic E-state index is -0.235. The maximum Gasteiger partial charge on any atom is 0.338 e. The molecule has 2 aliphatic carbocycles. The Morgan fingerprint density at radius 3 is 2.48 bits per heavy atom. The maximum absolute atomic E-state index is 12.1. The molecule has 0 amide bonds. The van der Waals surface area contributed by atoms with Crippen LogP contribution in [0.25, 0.3) is 0 Å². The third-order valence-electron chi connectivity index (χ3n) is 6.35. The summed E-state index contributed by atoms with van der Waals surface area (Å²) in [6.07, 6.45) is 3.76. The lowest BCUT2D eigenvalue weighted by molar-refractivity contribution is 0.0374. The molecule has 3 atom stereocenters. The van der Waals surface area contributed by atoms with E-state index in [9.17, 15) is 4.79 Å². The Kier molecular flexibility index (Phi) is 3.27. The molecule has 1 aromatic carbocycles. The van der Waals surface area contributed by atoms with E-state index in [1.54, 1.807) is 24.3 Å². The normalized spacial score (nSPS) is 33.1. The van der Waals surface area contributed by atoms with Gasteiger partial charge in [-0.05, 0) is 66.2 Å². The minimum Gasteiger partial charge on any atom is -0.462 e. The monoisotopic (exact) mass is 287 g/mol. The van der Waals surface area contributed by atoms with Gasteiger partial charge >= 0.3 is 5.97 Å². The SMILES string of the molecule is CC1(C)[C@H]2CC[C@]1(C)C[C@@H]2COC(=O)c1ccc(N)cc1. The van der Waals surface area contributed by atoms with Crippen molar-refractivity contribution in [2.45, 2.75) is 40.0 Å². The lowest BCUT2D eigenvalue weighted by Crippen LogP contribution is -2.26. The Morgan fingerprint density at radius 1 is 1.29 bits per heavy atom. The summed E-state index contributed by atoms with van der Waals surface area (Å²) < 4.78 is 5.56. The second-order valence-electron chi connectivity index (χ2n) is 7.61. The van der Waals surface area contributed by atoms with E-state index in [4.69, 9.17) is 10.5 Å². The van der Waals surface area contributed by atoms with Crippen molar-refractivity contribution in [2.24, 2.45) is 22.7 Å². The second-order valence-corrected chi connectivity index (χ2v) is 7.61. The van der Waals surface area contributed by atoms with Crippen LogP contribution in [0.15, 0.2) is 24.3 Å². The van der Waals surface area contributed by atoms with Gasteiger partial charge in [-0.3, -0.25) is 0 Å². The molecule has 0 radical (unpaired) electrons. The number of ether oxygens (including phenoxy) is 1. The molecular formula is C18H25NO2. The number of nitrogens with two attached hydrogens (primary N) is 1. The summed E-state index contributed by atoms with van der Waals surface area (Å²) in [5.41, 5.74) is 7.66. The number of hydrogen-bond acceptors (Lipinski definition) is 3. The van der Waals surface area contributed by atoms with Crippen LogP contribution in [-0.4, -0.2) is 12.6 Å². The van der Waals surface area contributed by atoms with E-state index in [1.165, 1.54) is 19.3 Å². The van der Waals surface area contributed by atoms with Crippen LogP contribution in [0.2, 0.25) is 0 Å². The smallest absolute Gasteiger partial charge is 0.338 e. The molecule has 3 nitrogen and oxygen atoms in total. The highest BCUT2D eigenvalue weighted by Gasteiger charge is 2.60. The zero-order valence-electron chi connectivity index (χ0n) is 13.2. The van der Waals surface area contributed by atoms with E-state index in [0.717, 1.165) is 0 Å². The van der Waals surface area contributed by atoms with Crippen LogP contribution in [0.3, 0.4) is 0 Å². The average molecular weight is 287 g/mol. The molecule has 0 aliphatic heterocycles. The first-order valence-corrected chi connectivity index (χ1v) is 7.86. The van der Waals surface area contributed by atoms with Gasteiger partial charge in [0.25, 0.3) is 0 Å². The number of fused-ring (bicyclic) bond motifs is 2. The largest absolute Gasteiger partial charge is 0.462 e. The predicted octanol–water partition coefficient (Wildman–Crippen LogP) is 3.89. The van der Waals surface area contributed by atoms with Gasteiger partial charge in [-0.25, -0.2) is 4.79 Å². The van der Waals surface area contributed by atoms with Gasteiger partial charge in [0.15, 0.2) is 0 Å². The van der Waals surface area contributed by atoms with Gasteiger partial charge in [-0.15, -0.1) is 0 Å². The molecule has 0 saturated heterocycles. The van der Waals surface area contributed by atoms with Crippen molar-refractivity contribution >= 4 is 11.7 Å². The maximum atomic E-state index is 12.1. The number of nitrogen functional groups attached to an aromatic ring is 1. The van der Waals surface area contributed by atoms with Gasteiger partial charge in [0.2, 0.25) is 0 Å². The predicted molar refractivity (Wildman–Crippen MR) is 83.9 cm³/mol. The van der Waals surface area contributed by atoms with Gasteiger partial charge in [0.1, 0.15) is 0 Å². The fourth-order valence-corrected chi connectivity index (χ4v) is 4.58. The number of carbonyl (C=O) groups excluding carboxylic acids is 1. The summed E-state index contributed by atoms with van der Waals surface area (Å²) in [4.78, 5) is 12.1. The first kappa shape index (κ1) is 14.4. The van der Waals surface area contributed by atoms with Crippen molar-refractivity contribution in [3.8, 4) is 0 Å². The molecule has 2 bridgehead atoms. The second kappa shape index (κ2) is 4.75. The van der Waals surface area contributed by atoms with Crippen LogP contribution in [0.4, 0.5) is 5.69 Å². The van der Waals surface area contributed by atoms with Gasteiger partial charge < -0.3 is 10.5 Å². The Hall–Kier alpha value is -1.51. The van der Waals surface area contributed by atoms with E-state index < -0.39 is 0 Å². The molecule has 2 fully saturated rings. The summed E-state index contributed by atoms with van der Waals surface area (Å²) >= 11 is 0. The Balaban J connectivity index is 1.62. The number of benzene rings is 1. The van der Waals surface area contributed by atoms with Crippen LogP contribution in [-0.2, 0) is 4.74 Å². The molecule has 2 aliphatic rings. The lowest BCUT2D eigenvalue weighted by Gasteiger charge is -2.34. The third-order valence-corrected chi connectivity index (χ3v) is 6.35. The number of carbonyl (C=O) groups is 1. The van der Waals surface area contributed by atoms with Gasteiger partial charge in [0, 0.05) is 5.69 Å². The molecular weight excluding hydrogens is 262 g/mol. The zero-order valence-corrected chi connectivity index (χ0v) is 13.2. The van der Waals surface area contributed by atoms with E-state index in [1.807, 2.05) is 0 Å². The van der Waals surface area contributed by atoms with Crippen LogP contribution < -0.4 is 5.73 Å². The highest BCUT2D eigenvalue weighted by atomic mass is 16.5. The summed E-state index contributed by atoms with van der Waals surface area (Å²) in [7, 11) is 0. The fourth-order valence-electron chi connectivity index (χ4n) is 4.58. The van der Waals surface area contributed by atoms with Crippen LogP contribution in [0.1, 0.15) is 50.4 Å². The molecule has 0 aromatic heterocycles. The van der Waals surface area contributed by atoms with E-state index in [0.29, 0.717) is 40.5 Å². The Labute approximate surface area is 126 Å². The Bertz CT molecular complexity index is 546. The highest BCUT2D eigenvalue weighted by Crippen LogP contribution is 2.67. The van der Waals surface area contributed by atoms with Crippen molar-refractivity contribution in [2.75, 3.05) is 12.3 Å². The van der Waals surface area contributed by atoms with Crippen molar-refractivity contribution in [3.63, 3.8) is 0 Å². The quantitative estimate of drug-likeness (QED) is 0.678. The lowest BCUT2D eigenvalue weighted by atomic mass is 9.71. The van der Waals surface area contributed by atoms with Crippen molar-refractivity contribution in [1.82, 2.24) is 0 Å². The topological polar surface area (TPSA) is 52.3 Å². The van der Waals surface area contributed by atoms with Crippen molar-refractivity contribution < 1.29 is 9.53 Å². The zero-order chi connectivity index (χ0) is 15.3. The molecule has 0 heterocycles. The summed E-state index contributed by atoms with van der Waals surface area (Å²) in [6.45, 7) is 7.71. The first-order valence-electron chi connectivity index (χ1n) is 7.86. The Morgan fingerprint density at radius 2 is 1.95 bits per heavy atom. The fraction of sp³-hybridized carbons (Fsp3) is 0.611.